The van der Waals surface area contributed by atoms with E-state index in [1.54, 1.807) is 36.4 Å². The Hall–Kier alpha value is -8.45. The van der Waals surface area contributed by atoms with Gasteiger partial charge in [0.05, 0.1) is 96.3 Å². The fourth-order valence-electron chi connectivity index (χ4n) is 15.8. The average Bonchev–Trinajstić information content (AvgIpc) is 0.866. The summed E-state index contributed by atoms with van der Waals surface area (Å²) in [5.74, 6) is 3.66. The normalized spacial score (nSPS) is 15.1. The van der Waals surface area contributed by atoms with Gasteiger partial charge in [0.15, 0.2) is 0 Å². The van der Waals surface area contributed by atoms with E-state index in [9.17, 15) is 33.6 Å². The summed E-state index contributed by atoms with van der Waals surface area (Å²) in [6, 6.07) is 35.6. The van der Waals surface area contributed by atoms with E-state index < -0.39 is 23.9 Å². The van der Waals surface area contributed by atoms with E-state index in [0.717, 1.165) is 179 Å². The summed E-state index contributed by atoms with van der Waals surface area (Å²) in [5.41, 5.74) is 3.95. The molecule has 0 unspecified atom stereocenters. The van der Waals surface area contributed by atoms with E-state index in [1.165, 1.54) is 114 Å². The van der Waals surface area contributed by atoms with Crippen LogP contribution in [0.2, 0.25) is 0 Å². The summed E-state index contributed by atoms with van der Waals surface area (Å²) in [6.07, 6.45) is 46.2. The van der Waals surface area contributed by atoms with Crippen molar-refractivity contribution < 1.29 is 90.8 Å². The van der Waals surface area contributed by atoms with Gasteiger partial charge in [0.2, 0.25) is 0 Å². The van der Waals surface area contributed by atoms with E-state index in [2.05, 4.69) is 38.1 Å². The number of rotatable bonds is 67. The Morgan fingerprint density at radius 1 is 0.283 bits per heavy atom. The van der Waals surface area contributed by atoms with Crippen molar-refractivity contribution in [1.82, 2.24) is 0 Å². The Bertz CT molecular complexity index is 3580. The van der Waals surface area contributed by atoms with Crippen LogP contribution < -0.4 is 28.4 Å². The molecule has 7 rings (SSSR count). The summed E-state index contributed by atoms with van der Waals surface area (Å²) in [4.78, 5) is 88.4. The zero-order valence-electron chi connectivity index (χ0n) is 73.1. The quantitative estimate of drug-likeness (QED) is 0.0165. The second-order valence-electron chi connectivity index (χ2n) is 33.1. The first-order valence-corrected chi connectivity index (χ1v) is 46.8. The molecule has 0 bridgehead atoms. The molecule has 0 amide bonds. The Morgan fingerprint density at radius 2 is 0.575 bits per heavy atom. The highest BCUT2D eigenvalue weighted by atomic mass is 16.6. The number of esters is 7. The first-order chi connectivity index (χ1) is 58.9. The number of aliphatic hydroxyl groups excluding tert-OH is 1. The van der Waals surface area contributed by atoms with Gasteiger partial charge in [-0.1, -0.05) is 199 Å². The number of carbonyl (C=O) groups is 7. The lowest BCUT2D eigenvalue weighted by molar-refractivity contribution is -0.150. The van der Waals surface area contributed by atoms with Crippen LogP contribution in [0.4, 0.5) is 0 Å². The number of ether oxygens (including phenoxy) is 11. The molecule has 0 spiro atoms. The van der Waals surface area contributed by atoms with Gasteiger partial charge < -0.3 is 57.2 Å². The van der Waals surface area contributed by atoms with Crippen LogP contribution in [0.15, 0.2) is 115 Å². The smallest absolute Gasteiger partial charge is 0.343 e. The molecule has 120 heavy (non-hydrogen) atoms. The zero-order valence-corrected chi connectivity index (χ0v) is 73.1. The van der Waals surface area contributed by atoms with Crippen molar-refractivity contribution in [2.24, 2.45) is 11.8 Å². The third kappa shape index (κ3) is 43.4. The molecule has 5 aromatic rings. The molecule has 0 aliphatic heterocycles. The Labute approximate surface area is 718 Å². The van der Waals surface area contributed by atoms with Crippen molar-refractivity contribution in [2.75, 3.05) is 66.1 Å². The Morgan fingerprint density at radius 3 is 0.917 bits per heavy atom. The van der Waals surface area contributed by atoms with E-state index >= 15 is 0 Å². The lowest BCUT2D eigenvalue weighted by atomic mass is 9.77. The van der Waals surface area contributed by atoms with Gasteiger partial charge in [-0.2, -0.15) is 0 Å². The minimum Gasteiger partial charge on any atom is -0.494 e. The first kappa shape index (κ1) is 98.7. The highest BCUT2D eigenvalue weighted by Gasteiger charge is 2.25. The van der Waals surface area contributed by atoms with Crippen LogP contribution >= 0.6 is 0 Å². The minimum absolute atomic E-state index is 0.000510. The third-order valence-electron chi connectivity index (χ3n) is 23.2. The molecule has 2 aliphatic carbocycles. The number of unbranched alkanes of at least 4 members (excludes halogenated alkanes) is 27. The van der Waals surface area contributed by atoms with E-state index in [0.29, 0.717) is 129 Å². The third-order valence-corrected chi connectivity index (χ3v) is 23.2. The number of benzene rings is 5. The fourth-order valence-corrected chi connectivity index (χ4v) is 15.8. The Kier molecular flexibility index (Phi) is 51.5. The molecule has 19 nitrogen and oxygen atoms in total. The van der Waals surface area contributed by atoms with Crippen LogP contribution in [0, 0.1) is 11.8 Å². The van der Waals surface area contributed by atoms with Gasteiger partial charge in [0.25, 0.3) is 0 Å². The van der Waals surface area contributed by atoms with Crippen molar-refractivity contribution in [2.45, 2.75) is 334 Å². The van der Waals surface area contributed by atoms with Gasteiger partial charge in [-0.05, 0) is 248 Å². The van der Waals surface area contributed by atoms with E-state index in [4.69, 9.17) is 57.2 Å². The topological polar surface area (TPSA) is 241 Å². The maximum Gasteiger partial charge on any atom is 0.343 e. The molecule has 5 aromatic carbocycles. The summed E-state index contributed by atoms with van der Waals surface area (Å²) in [7, 11) is 0. The van der Waals surface area contributed by atoms with Crippen LogP contribution in [0.25, 0.3) is 0 Å². The molecule has 2 fully saturated rings. The predicted molar refractivity (Wildman–Crippen MR) is 471 cm³/mol. The molecular weight excluding hydrogens is 1520 g/mol. The molecule has 2 saturated carbocycles. The standard InChI is InChI=1S/C101H146O19/c1-3-5-25-37-80-39-43-82(44-40-80)84-47-59-90(60-48-84)119-99(107)86-51-55-88(56-52-86)110-70-28-16-7-11-20-32-74-114-95(103)65-66-97(105)116-76-34-22-13-9-18-30-72-112-92-63-64-94(93(79-92)101(109)118-78-36-24-15-27-69-102)113-73-31-19-10-14-23-35-77-117-98(106)68-67-96(104)115-75-33-21-12-8-17-29-71-111-89-57-53-87(54-58-89)100(108)120-91-61-49-85(50-62-91)83-45-41-81(42-46-83)38-26-6-4-2/h47-64,79-83,102H,3-46,65-78H2,1-2H3. The van der Waals surface area contributed by atoms with Gasteiger partial charge in [-0.25, -0.2) is 14.4 Å². The lowest BCUT2D eigenvalue weighted by Gasteiger charge is -2.29. The minimum atomic E-state index is -0.469. The van der Waals surface area contributed by atoms with Crippen molar-refractivity contribution in [1.29, 1.82) is 0 Å². The molecule has 0 heterocycles. The van der Waals surface area contributed by atoms with Gasteiger partial charge >= 0.3 is 41.8 Å². The van der Waals surface area contributed by atoms with Gasteiger partial charge in [0, 0.05) is 6.61 Å². The number of hydrogen-bond donors (Lipinski definition) is 1. The van der Waals surface area contributed by atoms with E-state index in [1.807, 2.05) is 54.6 Å². The molecule has 2 aliphatic rings. The molecule has 19 heteroatoms. The summed E-state index contributed by atoms with van der Waals surface area (Å²) in [5, 5.41) is 9.14. The maximum absolute atomic E-state index is 13.4. The highest BCUT2D eigenvalue weighted by molar-refractivity contribution is 5.93. The number of hydrogen-bond acceptors (Lipinski definition) is 19. The first-order valence-electron chi connectivity index (χ1n) is 46.8. The molecule has 0 radical (unpaired) electrons. The summed E-state index contributed by atoms with van der Waals surface area (Å²) >= 11 is 0. The Balaban J connectivity index is 0.607. The summed E-state index contributed by atoms with van der Waals surface area (Å²) < 4.78 is 62.6. The van der Waals surface area contributed by atoms with Gasteiger partial charge in [-0.15, -0.1) is 0 Å². The number of aliphatic hydroxyl groups is 1. The van der Waals surface area contributed by atoms with Crippen molar-refractivity contribution in [3.05, 3.63) is 143 Å². The molecule has 0 saturated heterocycles. The van der Waals surface area contributed by atoms with Crippen LogP contribution in [0.3, 0.4) is 0 Å². The SMILES string of the molecule is CCCCCC1CCC(c2ccc(OC(=O)c3ccc(OCCCCCCCCOC(=O)CCC(=O)OCCCCCCCCOc4ccc(OCCCCCCCCOC(=O)CCC(=O)OCCCCCCCCOc5ccc(C(=O)Oc6ccc(C7CCC(CCCCC)CC7)cc6)cc5)c(C(=O)OCCCCCCO)c4)cc3)cc2)CC1. The molecule has 664 valence electrons. The lowest BCUT2D eigenvalue weighted by Crippen LogP contribution is -2.13. The fraction of sp³-hybridized carbons (Fsp3) is 0.634. The maximum atomic E-state index is 13.4. The van der Waals surface area contributed by atoms with Crippen molar-refractivity contribution >= 4 is 41.8 Å². The van der Waals surface area contributed by atoms with E-state index in [-0.39, 0.29) is 56.8 Å². The second kappa shape index (κ2) is 62.6. The van der Waals surface area contributed by atoms with Gasteiger partial charge in [0.1, 0.15) is 40.1 Å². The zero-order chi connectivity index (χ0) is 84.9. The van der Waals surface area contributed by atoms with Crippen molar-refractivity contribution in [3.63, 3.8) is 0 Å². The largest absolute Gasteiger partial charge is 0.494 e. The summed E-state index contributed by atoms with van der Waals surface area (Å²) in [6.45, 7) is 8.31. The van der Waals surface area contributed by atoms with Crippen LogP contribution in [-0.2, 0) is 42.9 Å². The van der Waals surface area contributed by atoms with Crippen molar-refractivity contribution in [3.8, 4) is 34.5 Å². The highest BCUT2D eigenvalue weighted by Crippen LogP contribution is 2.40. The molecule has 0 atom stereocenters. The molecule has 1 N–H and O–H groups in total. The monoisotopic (exact) mass is 1660 g/mol. The second-order valence-corrected chi connectivity index (χ2v) is 33.1. The molecular formula is C101H146O19. The average molecular weight is 1660 g/mol. The van der Waals surface area contributed by atoms with Gasteiger partial charge in [-0.3, -0.25) is 19.2 Å². The predicted octanol–water partition coefficient (Wildman–Crippen LogP) is 24.6. The van der Waals surface area contributed by atoms with Crippen LogP contribution in [0.1, 0.15) is 376 Å². The van der Waals surface area contributed by atoms with Crippen LogP contribution in [-0.4, -0.2) is 113 Å². The number of carbonyl (C=O) groups excluding carboxylic acids is 7. The molecule has 0 aromatic heterocycles. The van der Waals surface area contributed by atoms with Crippen LogP contribution in [0.5, 0.6) is 34.5 Å².